The van der Waals surface area contributed by atoms with E-state index in [1.54, 1.807) is 18.2 Å². The van der Waals surface area contributed by atoms with E-state index < -0.39 is 29.6 Å². The third kappa shape index (κ3) is 4.96. The molecule has 1 aromatic carbocycles. The van der Waals surface area contributed by atoms with Crippen molar-refractivity contribution in [3.05, 3.63) is 42.2 Å². The van der Waals surface area contributed by atoms with Crippen LogP contribution in [0.25, 0.3) is 5.69 Å². The van der Waals surface area contributed by atoms with Crippen molar-refractivity contribution in [1.82, 2.24) is 15.1 Å². The Bertz CT molecular complexity index is 744. The lowest BCUT2D eigenvalue weighted by Gasteiger charge is -2.13. The van der Waals surface area contributed by atoms with E-state index >= 15 is 0 Å². The molecule has 0 radical (unpaired) electrons. The molecule has 0 aliphatic rings. The lowest BCUT2D eigenvalue weighted by atomic mass is 10.3. The zero-order chi connectivity index (χ0) is 18.4. The molecule has 10 heteroatoms. The van der Waals surface area contributed by atoms with E-state index in [1.165, 1.54) is 12.1 Å². The second kappa shape index (κ2) is 7.69. The number of urea groups is 1. The number of aromatic nitrogens is 2. The number of rotatable bonds is 6. The fourth-order valence-electron chi connectivity index (χ4n) is 2.09. The Balaban J connectivity index is 2.14. The van der Waals surface area contributed by atoms with Gasteiger partial charge in [-0.25, -0.2) is 9.48 Å². The molecule has 1 aromatic heterocycles. The Hall–Kier alpha value is -3.04. The minimum Gasteiger partial charge on any atom is -0.481 e. The summed E-state index contributed by atoms with van der Waals surface area (Å²) >= 11 is 0. The number of amides is 2. The predicted molar refractivity (Wildman–Crippen MR) is 82.5 cm³/mol. The van der Waals surface area contributed by atoms with Crippen molar-refractivity contribution in [2.24, 2.45) is 0 Å². The molecule has 2 rings (SSSR count). The molecule has 7 nitrogen and oxygen atoms in total. The molecule has 3 N–H and O–H groups in total. The largest absolute Gasteiger partial charge is 0.481 e. The van der Waals surface area contributed by atoms with Crippen LogP contribution >= 0.6 is 0 Å². The normalized spacial score (nSPS) is 11.2. The van der Waals surface area contributed by atoms with E-state index in [0.717, 1.165) is 6.20 Å². The van der Waals surface area contributed by atoms with Crippen molar-refractivity contribution in [2.75, 3.05) is 11.9 Å². The Morgan fingerprint density at radius 3 is 2.48 bits per heavy atom. The molecule has 0 fully saturated rings. The van der Waals surface area contributed by atoms with Gasteiger partial charge in [0, 0.05) is 13.0 Å². The van der Waals surface area contributed by atoms with Gasteiger partial charge < -0.3 is 15.7 Å². The molecule has 0 aliphatic heterocycles. The molecule has 0 saturated carbocycles. The monoisotopic (exact) mass is 356 g/mol. The van der Waals surface area contributed by atoms with E-state index in [-0.39, 0.29) is 25.1 Å². The fourth-order valence-corrected chi connectivity index (χ4v) is 2.09. The number of alkyl halides is 3. The van der Waals surface area contributed by atoms with Crippen LogP contribution in [0.1, 0.15) is 18.5 Å². The first kappa shape index (κ1) is 18.3. The van der Waals surface area contributed by atoms with Gasteiger partial charge in [0.1, 0.15) is 0 Å². The Morgan fingerprint density at radius 1 is 1.20 bits per heavy atom. The second-order valence-corrected chi connectivity index (χ2v) is 5.03. The van der Waals surface area contributed by atoms with Crippen LogP contribution < -0.4 is 10.6 Å². The van der Waals surface area contributed by atoms with Crippen molar-refractivity contribution in [3.63, 3.8) is 0 Å². The molecule has 0 aliphatic carbocycles. The summed E-state index contributed by atoms with van der Waals surface area (Å²) in [6.45, 7) is 0.0201. The summed E-state index contributed by atoms with van der Waals surface area (Å²) in [5.41, 5.74) is -1.41. The number of hydrogen-bond acceptors (Lipinski definition) is 3. The third-order valence-electron chi connectivity index (χ3n) is 3.14. The van der Waals surface area contributed by atoms with Crippen LogP contribution in [0.5, 0.6) is 0 Å². The number of hydrogen-bond donors (Lipinski definition) is 3. The molecule has 0 spiro atoms. The van der Waals surface area contributed by atoms with Gasteiger partial charge in [-0.3, -0.25) is 4.79 Å². The van der Waals surface area contributed by atoms with Gasteiger partial charge in [0.2, 0.25) is 0 Å². The second-order valence-electron chi connectivity index (χ2n) is 5.03. The summed E-state index contributed by atoms with van der Waals surface area (Å²) in [6.07, 6.45) is -3.82. The standard InChI is InChI=1S/C15H15F3N4O3/c16-15(17,18)13-11(21-14(25)19-8-4-7-12(23)24)9-20-22(13)10-5-2-1-3-6-10/h1-3,5-6,9H,4,7-8H2,(H,23,24)(H2,19,21,25). The molecule has 2 amide bonds. The number of anilines is 1. The fraction of sp³-hybridized carbons (Fsp3) is 0.267. The number of carboxylic acid groups (broad SMARTS) is 1. The Morgan fingerprint density at radius 2 is 1.88 bits per heavy atom. The van der Waals surface area contributed by atoms with Gasteiger partial charge in [-0.1, -0.05) is 18.2 Å². The highest BCUT2D eigenvalue weighted by Gasteiger charge is 2.39. The quantitative estimate of drug-likeness (QED) is 0.694. The van der Waals surface area contributed by atoms with E-state index in [4.69, 9.17) is 5.11 Å². The maximum absolute atomic E-state index is 13.4. The van der Waals surface area contributed by atoms with Gasteiger partial charge in [0.25, 0.3) is 0 Å². The molecule has 1 heterocycles. The van der Waals surface area contributed by atoms with E-state index in [1.807, 2.05) is 0 Å². The first-order valence-corrected chi connectivity index (χ1v) is 7.26. The van der Waals surface area contributed by atoms with Crippen molar-refractivity contribution in [2.45, 2.75) is 19.0 Å². The number of carbonyl (C=O) groups is 2. The number of halogens is 3. The molecule has 0 saturated heterocycles. The predicted octanol–water partition coefficient (Wildman–Crippen LogP) is 2.88. The summed E-state index contributed by atoms with van der Waals surface area (Å²) in [5, 5.41) is 16.6. The van der Waals surface area contributed by atoms with Gasteiger partial charge in [-0.2, -0.15) is 18.3 Å². The molecule has 2 aromatic rings. The van der Waals surface area contributed by atoms with Gasteiger partial charge in [0.05, 0.1) is 17.6 Å². The highest BCUT2D eigenvalue weighted by molar-refractivity contribution is 5.90. The maximum Gasteiger partial charge on any atom is 0.435 e. The Labute approximate surface area is 140 Å². The van der Waals surface area contributed by atoms with Gasteiger partial charge in [-0.05, 0) is 18.6 Å². The van der Waals surface area contributed by atoms with Crippen LogP contribution in [-0.2, 0) is 11.0 Å². The molecule has 0 atom stereocenters. The lowest BCUT2D eigenvalue weighted by Crippen LogP contribution is -2.30. The topological polar surface area (TPSA) is 96.2 Å². The number of benzene rings is 1. The molecule has 25 heavy (non-hydrogen) atoms. The maximum atomic E-state index is 13.4. The smallest absolute Gasteiger partial charge is 0.435 e. The number of carbonyl (C=O) groups excluding carboxylic acids is 1. The third-order valence-corrected chi connectivity index (χ3v) is 3.14. The van der Waals surface area contributed by atoms with Crippen molar-refractivity contribution >= 4 is 17.7 Å². The highest BCUT2D eigenvalue weighted by atomic mass is 19.4. The first-order valence-electron chi connectivity index (χ1n) is 7.26. The summed E-state index contributed by atoms with van der Waals surface area (Å²) in [5.74, 6) is -1.02. The zero-order valence-electron chi connectivity index (χ0n) is 12.9. The van der Waals surface area contributed by atoms with Crippen LogP contribution in [0.4, 0.5) is 23.7 Å². The zero-order valence-corrected chi connectivity index (χ0v) is 12.9. The van der Waals surface area contributed by atoms with Crippen molar-refractivity contribution in [1.29, 1.82) is 0 Å². The number of carboxylic acids is 1. The molecule has 0 unspecified atom stereocenters. The molecule has 134 valence electrons. The van der Waals surface area contributed by atoms with Gasteiger partial charge in [-0.15, -0.1) is 0 Å². The summed E-state index contributed by atoms with van der Waals surface area (Å²) in [4.78, 5) is 22.1. The van der Waals surface area contributed by atoms with Crippen molar-refractivity contribution in [3.8, 4) is 5.69 Å². The van der Waals surface area contributed by atoms with Crippen LogP contribution in [0, 0.1) is 0 Å². The molecular formula is C15H15F3N4O3. The highest BCUT2D eigenvalue weighted by Crippen LogP contribution is 2.36. The molecule has 0 bridgehead atoms. The minimum atomic E-state index is -4.74. The first-order chi connectivity index (χ1) is 11.8. The van der Waals surface area contributed by atoms with Crippen LogP contribution in [0.2, 0.25) is 0 Å². The lowest BCUT2D eigenvalue weighted by molar-refractivity contribution is -0.142. The molecular weight excluding hydrogens is 341 g/mol. The van der Waals surface area contributed by atoms with E-state index in [9.17, 15) is 22.8 Å². The van der Waals surface area contributed by atoms with E-state index in [2.05, 4.69) is 15.7 Å². The Kier molecular flexibility index (Phi) is 5.63. The number of para-hydroxylation sites is 1. The summed E-state index contributed by atoms with van der Waals surface area (Å²) < 4.78 is 40.8. The minimum absolute atomic E-state index is 0.0201. The van der Waals surface area contributed by atoms with Crippen molar-refractivity contribution < 1.29 is 27.9 Å². The van der Waals surface area contributed by atoms with Gasteiger partial charge in [0.15, 0.2) is 5.69 Å². The average Bonchev–Trinajstić information content (AvgIpc) is 2.96. The average molecular weight is 356 g/mol. The van der Waals surface area contributed by atoms with Gasteiger partial charge >= 0.3 is 18.2 Å². The van der Waals surface area contributed by atoms with Crippen LogP contribution in [-0.4, -0.2) is 33.4 Å². The SMILES string of the molecule is O=C(O)CCCNC(=O)Nc1cnn(-c2ccccc2)c1C(F)(F)F. The van der Waals surface area contributed by atoms with Crippen LogP contribution in [0.3, 0.4) is 0 Å². The summed E-state index contributed by atoms with van der Waals surface area (Å²) in [7, 11) is 0. The summed E-state index contributed by atoms with van der Waals surface area (Å²) in [6, 6.07) is 6.84. The van der Waals surface area contributed by atoms with Crippen LogP contribution in [0.15, 0.2) is 36.5 Å². The number of aliphatic carboxylic acids is 1. The number of nitrogens with one attached hydrogen (secondary N) is 2. The number of nitrogens with zero attached hydrogens (tertiary/aromatic N) is 2. The van der Waals surface area contributed by atoms with E-state index in [0.29, 0.717) is 4.68 Å².